The van der Waals surface area contributed by atoms with Crippen LogP contribution >= 0.6 is 0 Å². The Balaban J connectivity index is 2.66. The van der Waals surface area contributed by atoms with Crippen molar-refractivity contribution in [2.75, 3.05) is 40.0 Å². The Kier molecular flexibility index (Phi) is 5.03. The van der Waals surface area contributed by atoms with E-state index in [1.165, 1.54) is 17.2 Å². The number of carbonyl (C=O) groups is 1. The Morgan fingerprint density at radius 1 is 1.39 bits per heavy atom. The van der Waals surface area contributed by atoms with Gasteiger partial charge in [-0.15, -0.1) is 0 Å². The van der Waals surface area contributed by atoms with Gasteiger partial charge in [0.25, 0.3) is 5.91 Å². The van der Waals surface area contributed by atoms with Crippen molar-refractivity contribution in [3.05, 3.63) is 23.6 Å². The maximum absolute atomic E-state index is 13.6. The summed E-state index contributed by atoms with van der Waals surface area (Å²) in [5, 5.41) is 0. The number of halogens is 1. The van der Waals surface area contributed by atoms with Crippen molar-refractivity contribution < 1.29 is 9.18 Å². The summed E-state index contributed by atoms with van der Waals surface area (Å²) in [6.45, 7) is 1.44. The molecule has 18 heavy (non-hydrogen) atoms. The van der Waals surface area contributed by atoms with Crippen LogP contribution in [0, 0.1) is 5.82 Å². The molecule has 1 rings (SSSR count). The summed E-state index contributed by atoms with van der Waals surface area (Å²) < 4.78 is 13.6. The first-order valence-electron chi connectivity index (χ1n) is 5.73. The van der Waals surface area contributed by atoms with Gasteiger partial charge in [0, 0.05) is 19.8 Å². The first-order chi connectivity index (χ1) is 8.43. The van der Waals surface area contributed by atoms with E-state index in [9.17, 15) is 9.18 Å². The minimum Gasteiger partial charge on any atom is -0.381 e. The van der Waals surface area contributed by atoms with E-state index in [4.69, 9.17) is 5.73 Å². The van der Waals surface area contributed by atoms with Gasteiger partial charge in [-0.05, 0) is 33.1 Å². The minimum absolute atomic E-state index is 0.0325. The molecule has 1 aromatic rings. The lowest BCUT2D eigenvalue weighted by molar-refractivity contribution is 0.0786. The molecule has 0 bridgehead atoms. The van der Waals surface area contributed by atoms with Gasteiger partial charge in [0.05, 0.1) is 5.56 Å². The van der Waals surface area contributed by atoms with Crippen LogP contribution in [0.3, 0.4) is 0 Å². The zero-order valence-electron chi connectivity index (χ0n) is 11.0. The van der Waals surface area contributed by atoms with Crippen molar-refractivity contribution in [1.82, 2.24) is 14.8 Å². The number of pyridine rings is 1. The van der Waals surface area contributed by atoms with Crippen molar-refractivity contribution in [1.29, 1.82) is 0 Å². The number of rotatable bonds is 5. The highest BCUT2D eigenvalue weighted by Gasteiger charge is 2.17. The van der Waals surface area contributed by atoms with Gasteiger partial charge < -0.3 is 15.5 Å². The Bertz CT molecular complexity index is 423. The van der Waals surface area contributed by atoms with E-state index in [-0.39, 0.29) is 17.3 Å². The van der Waals surface area contributed by atoms with E-state index in [0.29, 0.717) is 6.54 Å². The first kappa shape index (κ1) is 14.4. The number of amides is 1. The molecule has 2 N–H and O–H groups in total. The van der Waals surface area contributed by atoms with Crippen molar-refractivity contribution in [2.45, 2.75) is 6.42 Å². The Morgan fingerprint density at radius 2 is 2.06 bits per heavy atom. The van der Waals surface area contributed by atoms with E-state index < -0.39 is 5.82 Å². The zero-order valence-corrected chi connectivity index (χ0v) is 11.0. The standard InChI is InChI=1S/C12H19FN4O/c1-16(2)7-4-8-17(3)12(18)9-5-6-15-11(14)10(9)13/h5-6H,4,7-8H2,1-3H3,(H2,14,15). The third-order valence-corrected chi connectivity index (χ3v) is 2.59. The molecule has 0 radical (unpaired) electrons. The molecule has 0 fully saturated rings. The molecule has 0 aromatic carbocycles. The number of hydrogen-bond acceptors (Lipinski definition) is 4. The van der Waals surface area contributed by atoms with Gasteiger partial charge in [0.15, 0.2) is 11.6 Å². The maximum Gasteiger partial charge on any atom is 0.256 e. The van der Waals surface area contributed by atoms with Crippen molar-refractivity contribution >= 4 is 11.7 Å². The fourth-order valence-corrected chi connectivity index (χ4v) is 1.56. The van der Waals surface area contributed by atoms with Crippen molar-refractivity contribution in [2.24, 2.45) is 0 Å². The highest BCUT2D eigenvalue weighted by molar-refractivity contribution is 5.94. The second-order valence-electron chi connectivity index (χ2n) is 4.44. The molecule has 0 aliphatic rings. The number of nitrogens with zero attached hydrogens (tertiary/aromatic N) is 3. The monoisotopic (exact) mass is 254 g/mol. The largest absolute Gasteiger partial charge is 0.381 e. The van der Waals surface area contributed by atoms with Gasteiger partial charge in [0.1, 0.15) is 0 Å². The van der Waals surface area contributed by atoms with Gasteiger partial charge in [-0.2, -0.15) is 0 Å². The van der Waals surface area contributed by atoms with Gasteiger partial charge in [0.2, 0.25) is 0 Å². The van der Waals surface area contributed by atoms with Crippen LogP contribution in [-0.2, 0) is 0 Å². The lowest BCUT2D eigenvalue weighted by atomic mass is 10.2. The summed E-state index contributed by atoms with van der Waals surface area (Å²) in [6, 6.07) is 1.34. The maximum atomic E-state index is 13.6. The summed E-state index contributed by atoms with van der Waals surface area (Å²) in [5.74, 6) is -1.37. The smallest absolute Gasteiger partial charge is 0.256 e. The molecule has 0 atom stereocenters. The van der Waals surface area contributed by atoms with Gasteiger partial charge >= 0.3 is 0 Å². The molecule has 0 saturated heterocycles. The second kappa shape index (κ2) is 6.30. The highest BCUT2D eigenvalue weighted by atomic mass is 19.1. The molecule has 0 spiro atoms. The average Bonchev–Trinajstić information content (AvgIpc) is 2.31. The molecule has 1 amide bonds. The van der Waals surface area contributed by atoms with E-state index >= 15 is 0 Å². The molecule has 1 aromatic heterocycles. The summed E-state index contributed by atoms with van der Waals surface area (Å²) in [4.78, 5) is 19.1. The van der Waals surface area contributed by atoms with Crippen LogP contribution in [0.15, 0.2) is 12.3 Å². The molecule has 0 unspecified atom stereocenters. The zero-order chi connectivity index (χ0) is 13.7. The number of nitrogen functional groups attached to an aromatic ring is 1. The molecule has 0 saturated carbocycles. The number of aromatic nitrogens is 1. The third kappa shape index (κ3) is 3.66. The molecule has 100 valence electrons. The Labute approximate surface area is 106 Å². The minimum atomic E-state index is -0.748. The number of anilines is 1. The van der Waals surface area contributed by atoms with Crippen LogP contribution in [0.4, 0.5) is 10.2 Å². The summed E-state index contributed by atoms with van der Waals surface area (Å²) in [6.07, 6.45) is 2.16. The predicted octanol–water partition coefficient (Wildman–Crippen LogP) is 0.827. The lowest BCUT2D eigenvalue weighted by Gasteiger charge is -2.19. The van der Waals surface area contributed by atoms with Gasteiger partial charge in [-0.25, -0.2) is 9.37 Å². The third-order valence-electron chi connectivity index (χ3n) is 2.59. The lowest BCUT2D eigenvalue weighted by Crippen LogP contribution is -2.30. The first-order valence-corrected chi connectivity index (χ1v) is 5.73. The quantitative estimate of drug-likeness (QED) is 0.845. The molecule has 5 nitrogen and oxygen atoms in total. The summed E-state index contributed by atoms with van der Waals surface area (Å²) in [7, 11) is 5.57. The van der Waals surface area contributed by atoms with E-state index in [0.717, 1.165) is 13.0 Å². The highest BCUT2D eigenvalue weighted by Crippen LogP contribution is 2.13. The molecule has 0 aliphatic carbocycles. The van der Waals surface area contributed by atoms with Crippen LogP contribution < -0.4 is 5.73 Å². The molecule has 6 heteroatoms. The molecular weight excluding hydrogens is 235 g/mol. The van der Waals surface area contributed by atoms with Crippen molar-refractivity contribution in [3.63, 3.8) is 0 Å². The SMILES string of the molecule is CN(C)CCCN(C)C(=O)c1ccnc(N)c1F. The normalized spacial score (nSPS) is 10.7. The van der Waals surface area contributed by atoms with E-state index in [1.54, 1.807) is 7.05 Å². The average molecular weight is 254 g/mol. The fraction of sp³-hybridized carbons (Fsp3) is 0.500. The van der Waals surface area contributed by atoms with E-state index in [2.05, 4.69) is 4.98 Å². The molecule has 1 heterocycles. The molecular formula is C12H19FN4O. The number of hydrogen-bond donors (Lipinski definition) is 1. The summed E-state index contributed by atoms with van der Waals surface area (Å²) in [5.41, 5.74) is 5.30. The summed E-state index contributed by atoms with van der Waals surface area (Å²) >= 11 is 0. The van der Waals surface area contributed by atoms with E-state index in [1.807, 2.05) is 19.0 Å². The molecule has 0 aliphatic heterocycles. The number of nitrogens with two attached hydrogens (primary N) is 1. The van der Waals surface area contributed by atoms with Gasteiger partial charge in [-0.3, -0.25) is 4.79 Å². The van der Waals surface area contributed by atoms with Crippen molar-refractivity contribution in [3.8, 4) is 0 Å². The van der Waals surface area contributed by atoms with Crippen LogP contribution in [0.2, 0.25) is 0 Å². The predicted molar refractivity (Wildman–Crippen MR) is 68.7 cm³/mol. The Hall–Kier alpha value is -1.69. The van der Waals surface area contributed by atoms with Crippen LogP contribution in [-0.4, -0.2) is 54.9 Å². The van der Waals surface area contributed by atoms with Gasteiger partial charge in [-0.1, -0.05) is 0 Å². The topological polar surface area (TPSA) is 62.5 Å². The van der Waals surface area contributed by atoms with Crippen LogP contribution in [0.25, 0.3) is 0 Å². The Morgan fingerprint density at radius 3 is 2.67 bits per heavy atom. The number of carbonyl (C=O) groups excluding carboxylic acids is 1. The fourth-order valence-electron chi connectivity index (χ4n) is 1.56. The van der Waals surface area contributed by atoms with Crippen LogP contribution in [0.1, 0.15) is 16.8 Å². The second-order valence-corrected chi connectivity index (χ2v) is 4.44. The van der Waals surface area contributed by atoms with Crippen LogP contribution in [0.5, 0.6) is 0 Å².